The molecule has 1 fully saturated rings. The van der Waals surface area contributed by atoms with Gasteiger partial charge in [0.1, 0.15) is 4.33 Å². The first-order chi connectivity index (χ1) is 5.20. The highest BCUT2D eigenvalue weighted by molar-refractivity contribution is 6.51. The summed E-state index contributed by atoms with van der Waals surface area (Å²) in [6.45, 7) is 0. The van der Waals surface area contributed by atoms with E-state index in [1.807, 2.05) is 18.2 Å². The molecule has 1 atom stereocenters. The van der Waals surface area contributed by atoms with Gasteiger partial charge in [0.2, 0.25) is 0 Å². The molecule has 58 valence electrons. The number of nitrogens with zero attached hydrogens (tertiary/aromatic N) is 1. The minimum Gasteiger partial charge on any atom is -0.261 e. The van der Waals surface area contributed by atoms with Gasteiger partial charge in [-0.3, -0.25) is 4.98 Å². The van der Waals surface area contributed by atoms with Crippen LogP contribution in [-0.4, -0.2) is 9.32 Å². The number of hydrogen-bond acceptors (Lipinski definition) is 1. The lowest BCUT2D eigenvalue weighted by atomic mass is 10.2. The summed E-state index contributed by atoms with van der Waals surface area (Å²) in [4.78, 5) is 4.17. The molecule has 0 aliphatic heterocycles. The Balaban J connectivity index is 2.21. The van der Waals surface area contributed by atoms with E-state index in [9.17, 15) is 0 Å². The summed E-state index contributed by atoms with van der Waals surface area (Å²) in [5.74, 6) is 0.243. The van der Waals surface area contributed by atoms with Gasteiger partial charge < -0.3 is 0 Å². The first kappa shape index (κ1) is 7.38. The Morgan fingerprint density at radius 1 is 1.45 bits per heavy atom. The molecule has 2 rings (SSSR count). The summed E-state index contributed by atoms with van der Waals surface area (Å²) in [5.41, 5.74) is 0.998. The van der Waals surface area contributed by atoms with E-state index in [4.69, 9.17) is 23.2 Å². The van der Waals surface area contributed by atoms with Crippen LogP contribution in [-0.2, 0) is 0 Å². The number of halogens is 2. The Morgan fingerprint density at radius 2 is 2.18 bits per heavy atom. The molecule has 1 unspecified atom stereocenters. The second kappa shape index (κ2) is 2.36. The molecular formula is C8H7Cl2N. The lowest BCUT2D eigenvalue weighted by Crippen LogP contribution is -1.91. The summed E-state index contributed by atoms with van der Waals surface area (Å²) < 4.78 is -0.547. The third kappa shape index (κ3) is 1.35. The predicted octanol–water partition coefficient (Wildman–Crippen LogP) is 2.74. The van der Waals surface area contributed by atoms with E-state index in [1.165, 1.54) is 0 Å². The van der Waals surface area contributed by atoms with Gasteiger partial charge in [-0.25, -0.2) is 0 Å². The third-order valence-electron chi connectivity index (χ3n) is 1.87. The van der Waals surface area contributed by atoms with Crippen LogP contribution in [0.2, 0.25) is 0 Å². The molecular weight excluding hydrogens is 181 g/mol. The van der Waals surface area contributed by atoms with Crippen molar-refractivity contribution >= 4 is 23.2 Å². The van der Waals surface area contributed by atoms with Gasteiger partial charge in [0, 0.05) is 17.8 Å². The van der Waals surface area contributed by atoms with Gasteiger partial charge in [-0.2, -0.15) is 0 Å². The molecule has 0 radical (unpaired) electrons. The van der Waals surface area contributed by atoms with Gasteiger partial charge in [0.15, 0.2) is 0 Å². The quantitative estimate of drug-likeness (QED) is 0.617. The van der Waals surface area contributed by atoms with Crippen molar-refractivity contribution in [2.75, 3.05) is 0 Å². The van der Waals surface area contributed by atoms with Crippen molar-refractivity contribution in [1.82, 2.24) is 4.98 Å². The zero-order valence-corrected chi connectivity index (χ0v) is 7.31. The SMILES string of the molecule is ClC1(Cl)CC1c1ccccn1. The lowest BCUT2D eigenvalue weighted by Gasteiger charge is -1.97. The zero-order valence-electron chi connectivity index (χ0n) is 5.80. The minimum atomic E-state index is -0.547. The van der Waals surface area contributed by atoms with Gasteiger partial charge in [0.05, 0.1) is 0 Å². The van der Waals surface area contributed by atoms with E-state index in [2.05, 4.69) is 4.98 Å². The van der Waals surface area contributed by atoms with Crippen LogP contribution in [0.1, 0.15) is 18.0 Å². The molecule has 0 aromatic carbocycles. The van der Waals surface area contributed by atoms with Crippen LogP contribution in [0.5, 0.6) is 0 Å². The number of alkyl halides is 2. The second-order valence-corrected chi connectivity index (χ2v) is 4.31. The maximum atomic E-state index is 5.87. The number of rotatable bonds is 1. The fourth-order valence-electron chi connectivity index (χ4n) is 1.12. The van der Waals surface area contributed by atoms with Crippen molar-refractivity contribution < 1.29 is 0 Å². The van der Waals surface area contributed by atoms with E-state index in [0.717, 1.165) is 12.1 Å². The van der Waals surface area contributed by atoms with Crippen LogP contribution in [0.25, 0.3) is 0 Å². The topological polar surface area (TPSA) is 12.9 Å². The van der Waals surface area contributed by atoms with Gasteiger partial charge in [-0.1, -0.05) is 6.07 Å². The predicted molar refractivity (Wildman–Crippen MR) is 46.0 cm³/mol. The second-order valence-electron chi connectivity index (χ2n) is 2.77. The third-order valence-corrected chi connectivity index (χ3v) is 2.71. The Morgan fingerprint density at radius 3 is 2.64 bits per heavy atom. The molecule has 0 bridgehead atoms. The van der Waals surface area contributed by atoms with E-state index in [-0.39, 0.29) is 5.92 Å². The molecule has 1 nitrogen and oxygen atoms in total. The Kier molecular flexibility index (Phi) is 1.58. The van der Waals surface area contributed by atoms with Gasteiger partial charge in [0.25, 0.3) is 0 Å². The Bertz CT molecular complexity index is 258. The highest BCUT2D eigenvalue weighted by atomic mass is 35.5. The summed E-state index contributed by atoms with van der Waals surface area (Å²) in [5, 5.41) is 0. The van der Waals surface area contributed by atoms with Crippen molar-refractivity contribution in [3.63, 3.8) is 0 Å². The highest BCUT2D eigenvalue weighted by Gasteiger charge is 2.53. The van der Waals surface area contributed by atoms with Crippen molar-refractivity contribution in [2.45, 2.75) is 16.7 Å². The van der Waals surface area contributed by atoms with Crippen molar-refractivity contribution in [3.05, 3.63) is 30.1 Å². The number of aromatic nitrogens is 1. The monoisotopic (exact) mass is 187 g/mol. The standard InChI is InChI=1S/C8H7Cl2N/c9-8(10)5-6(8)7-3-1-2-4-11-7/h1-4,6H,5H2. The molecule has 3 heteroatoms. The average Bonchev–Trinajstić information content (AvgIpc) is 2.62. The first-order valence-corrected chi connectivity index (χ1v) is 4.24. The minimum absolute atomic E-state index is 0.243. The molecule has 0 saturated heterocycles. The summed E-state index contributed by atoms with van der Waals surface area (Å²) in [6, 6.07) is 5.79. The Labute approximate surface area is 75.3 Å². The van der Waals surface area contributed by atoms with Crippen LogP contribution in [0, 0.1) is 0 Å². The number of pyridine rings is 1. The molecule has 1 saturated carbocycles. The summed E-state index contributed by atoms with van der Waals surface area (Å²) >= 11 is 11.7. The molecule has 1 aliphatic rings. The maximum Gasteiger partial charge on any atom is 0.127 e. The first-order valence-electron chi connectivity index (χ1n) is 3.49. The number of hydrogen-bond donors (Lipinski definition) is 0. The molecule has 1 aromatic heterocycles. The smallest absolute Gasteiger partial charge is 0.127 e. The normalized spacial score (nSPS) is 26.5. The fraction of sp³-hybridized carbons (Fsp3) is 0.375. The van der Waals surface area contributed by atoms with Gasteiger partial charge in [-0.15, -0.1) is 23.2 Å². The average molecular weight is 188 g/mol. The fourth-order valence-corrected chi connectivity index (χ4v) is 1.65. The van der Waals surface area contributed by atoms with Crippen LogP contribution >= 0.6 is 23.2 Å². The van der Waals surface area contributed by atoms with Gasteiger partial charge >= 0.3 is 0 Å². The molecule has 0 amide bonds. The highest BCUT2D eigenvalue weighted by Crippen LogP contribution is 2.58. The molecule has 1 aromatic rings. The van der Waals surface area contributed by atoms with Crippen molar-refractivity contribution in [1.29, 1.82) is 0 Å². The molecule has 1 heterocycles. The van der Waals surface area contributed by atoms with E-state index in [0.29, 0.717) is 0 Å². The van der Waals surface area contributed by atoms with E-state index < -0.39 is 4.33 Å². The zero-order chi connectivity index (χ0) is 7.90. The molecule has 0 spiro atoms. The molecule has 0 N–H and O–H groups in total. The van der Waals surface area contributed by atoms with Gasteiger partial charge in [-0.05, 0) is 18.6 Å². The summed E-state index contributed by atoms with van der Waals surface area (Å²) in [7, 11) is 0. The maximum absolute atomic E-state index is 5.87. The van der Waals surface area contributed by atoms with Crippen molar-refractivity contribution in [2.24, 2.45) is 0 Å². The van der Waals surface area contributed by atoms with Crippen LogP contribution < -0.4 is 0 Å². The van der Waals surface area contributed by atoms with Crippen LogP contribution in [0.15, 0.2) is 24.4 Å². The Hall–Kier alpha value is -0.270. The van der Waals surface area contributed by atoms with Crippen LogP contribution in [0.4, 0.5) is 0 Å². The van der Waals surface area contributed by atoms with E-state index in [1.54, 1.807) is 6.20 Å². The lowest BCUT2D eigenvalue weighted by molar-refractivity contribution is 1.01. The van der Waals surface area contributed by atoms with Crippen LogP contribution in [0.3, 0.4) is 0 Å². The summed E-state index contributed by atoms with van der Waals surface area (Å²) in [6.07, 6.45) is 2.59. The molecule has 11 heavy (non-hydrogen) atoms. The molecule has 1 aliphatic carbocycles. The van der Waals surface area contributed by atoms with Crippen molar-refractivity contribution in [3.8, 4) is 0 Å². The van der Waals surface area contributed by atoms with E-state index >= 15 is 0 Å². The largest absolute Gasteiger partial charge is 0.261 e.